The van der Waals surface area contributed by atoms with Crippen LogP contribution in [-0.2, 0) is 22.7 Å². The number of halogens is 3. The van der Waals surface area contributed by atoms with E-state index in [0.717, 1.165) is 10.1 Å². The number of nitrogens with one attached hydrogen (secondary N) is 1. The number of aryl methyl sites for hydroxylation is 1. The molecule has 1 heterocycles. The van der Waals surface area contributed by atoms with Gasteiger partial charge in [-0.2, -0.15) is 13.2 Å². The van der Waals surface area contributed by atoms with Gasteiger partial charge in [-0.1, -0.05) is 24.3 Å². The molecule has 138 valence electrons. The van der Waals surface area contributed by atoms with E-state index in [1.807, 2.05) is 0 Å². The Labute approximate surface area is 148 Å². The summed E-state index contributed by atoms with van der Waals surface area (Å²) in [5.74, 6) is -1.05. The number of aromatic nitrogens is 2. The average molecular weight is 383 g/mol. The van der Waals surface area contributed by atoms with Gasteiger partial charge in [-0.3, -0.25) is 0 Å². The fraction of sp³-hybridized carbons (Fsp3) is 0.235. The molecule has 2 aromatic carbocycles. The van der Waals surface area contributed by atoms with E-state index in [1.165, 1.54) is 24.3 Å². The number of fused-ring (bicyclic) bond motifs is 1. The molecule has 0 fully saturated rings. The molecule has 3 aromatic rings. The molecule has 0 saturated carbocycles. The first-order valence-electron chi connectivity index (χ1n) is 7.77. The van der Waals surface area contributed by atoms with Gasteiger partial charge in [-0.15, -0.1) is 0 Å². The van der Waals surface area contributed by atoms with Gasteiger partial charge in [0.2, 0.25) is 15.8 Å². The van der Waals surface area contributed by atoms with Crippen LogP contribution in [0.3, 0.4) is 0 Å². The molecule has 9 heteroatoms. The number of hydrogen-bond donors (Lipinski definition) is 1. The number of para-hydroxylation sites is 2. The summed E-state index contributed by atoms with van der Waals surface area (Å²) in [6, 6.07) is 12.5. The van der Waals surface area contributed by atoms with Crippen molar-refractivity contribution in [2.45, 2.75) is 24.5 Å². The highest BCUT2D eigenvalue weighted by atomic mass is 32.2. The minimum atomic E-state index is -4.63. The predicted octanol–water partition coefficient (Wildman–Crippen LogP) is 3.34. The molecule has 0 atom stereocenters. The van der Waals surface area contributed by atoms with Crippen molar-refractivity contribution in [3.63, 3.8) is 0 Å². The number of nitrogens with zero attached hydrogens (tertiary/aromatic N) is 2. The van der Waals surface area contributed by atoms with Gasteiger partial charge in [0, 0.05) is 13.1 Å². The first-order chi connectivity index (χ1) is 12.2. The number of sulfonamides is 1. The Balaban J connectivity index is 1.84. The summed E-state index contributed by atoms with van der Waals surface area (Å²) in [6.07, 6.45) is -4.63. The summed E-state index contributed by atoms with van der Waals surface area (Å²) in [7, 11) is -3.80. The monoisotopic (exact) mass is 383 g/mol. The topological polar surface area (TPSA) is 64.0 Å². The Hall–Kier alpha value is -2.39. The van der Waals surface area contributed by atoms with Crippen molar-refractivity contribution in [3.05, 3.63) is 59.9 Å². The minimum absolute atomic E-state index is 0.0732. The summed E-state index contributed by atoms with van der Waals surface area (Å²) in [5.41, 5.74) is 1.28. The van der Waals surface area contributed by atoms with Gasteiger partial charge in [0.05, 0.1) is 15.9 Å². The van der Waals surface area contributed by atoms with Crippen LogP contribution in [0, 0.1) is 6.92 Å². The Morgan fingerprint density at radius 3 is 2.54 bits per heavy atom. The molecule has 0 bridgehead atoms. The van der Waals surface area contributed by atoms with E-state index in [2.05, 4.69) is 9.71 Å². The lowest BCUT2D eigenvalue weighted by atomic mass is 10.2. The van der Waals surface area contributed by atoms with Crippen LogP contribution in [0.5, 0.6) is 0 Å². The fourth-order valence-corrected chi connectivity index (χ4v) is 3.80. The number of hydrogen-bond acceptors (Lipinski definition) is 3. The lowest BCUT2D eigenvalue weighted by molar-refractivity contribution is -0.146. The second kappa shape index (κ2) is 6.73. The van der Waals surface area contributed by atoms with Gasteiger partial charge < -0.3 is 4.57 Å². The molecule has 1 N–H and O–H groups in total. The van der Waals surface area contributed by atoms with Gasteiger partial charge >= 0.3 is 6.18 Å². The molecule has 1 aromatic heterocycles. The van der Waals surface area contributed by atoms with Gasteiger partial charge in [0.15, 0.2) is 0 Å². The number of alkyl halides is 3. The molecule has 3 rings (SSSR count). The van der Waals surface area contributed by atoms with Crippen molar-refractivity contribution in [2.75, 3.05) is 6.54 Å². The van der Waals surface area contributed by atoms with E-state index >= 15 is 0 Å². The minimum Gasteiger partial charge on any atom is -0.319 e. The van der Waals surface area contributed by atoms with Gasteiger partial charge in [-0.25, -0.2) is 18.1 Å². The van der Waals surface area contributed by atoms with Crippen molar-refractivity contribution in [2.24, 2.45) is 0 Å². The van der Waals surface area contributed by atoms with Crippen LogP contribution in [0.15, 0.2) is 53.4 Å². The smallest absolute Gasteiger partial charge is 0.319 e. The van der Waals surface area contributed by atoms with Crippen LogP contribution in [0.25, 0.3) is 11.0 Å². The van der Waals surface area contributed by atoms with Crippen LogP contribution >= 0.6 is 0 Å². The normalized spacial score (nSPS) is 12.6. The van der Waals surface area contributed by atoms with Gasteiger partial charge in [-0.05, 0) is 36.8 Å². The van der Waals surface area contributed by atoms with Crippen LogP contribution in [0.2, 0.25) is 0 Å². The Bertz CT molecular complexity index is 1040. The molecule has 5 nitrogen and oxygen atoms in total. The molecule has 0 aliphatic rings. The second-order valence-corrected chi connectivity index (χ2v) is 7.55. The maximum absolute atomic E-state index is 13.2. The number of rotatable bonds is 5. The number of benzene rings is 2. The molecular formula is C17H16F3N3O2S. The van der Waals surface area contributed by atoms with E-state index in [0.29, 0.717) is 5.52 Å². The fourth-order valence-electron chi connectivity index (χ4n) is 2.68. The van der Waals surface area contributed by atoms with Crippen molar-refractivity contribution in [3.8, 4) is 0 Å². The lowest BCUT2D eigenvalue weighted by Gasteiger charge is -2.12. The highest BCUT2D eigenvalue weighted by Crippen LogP contribution is 2.31. The van der Waals surface area contributed by atoms with Crippen LogP contribution < -0.4 is 4.72 Å². The molecule has 0 saturated heterocycles. The third-order valence-electron chi connectivity index (χ3n) is 3.84. The van der Waals surface area contributed by atoms with Crippen LogP contribution in [-0.4, -0.2) is 24.5 Å². The Kier molecular flexibility index (Phi) is 4.76. The summed E-state index contributed by atoms with van der Waals surface area (Å²) >= 11 is 0. The molecule has 0 unspecified atom stereocenters. The molecule has 0 aliphatic carbocycles. The average Bonchev–Trinajstić information content (AvgIpc) is 2.94. The maximum Gasteiger partial charge on any atom is 0.449 e. The lowest BCUT2D eigenvalue weighted by Crippen LogP contribution is -2.28. The highest BCUT2D eigenvalue weighted by molar-refractivity contribution is 7.89. The van der Waals surface area contributed by atoms with E-state index in [9.17, 15) is 21.6 Å². The third-order valence-corrected chi connectivity index (χ3v) is 5.29. The predicted molar refractivity (Wildman–Crippen MR) is 91.1 cm³/mol. The summed E-state index contributed by atoms with van der Waals surface area (Å²) in [5, 5.41) is 0. The van der Waals surface area contributed by atoms with Crippen molar-refractivity contribution in [1.29, 1.82) is 0 Å². The highest BCUT2D eigenvalue weighted by Gasteiger charge is 2.37. The Morgan fingerprint density at radius 1 is 1.12 bits per heavy atom. The maximum atomic E-state index is 13.2. The number of imidazole rings is 1. The van der Waals surface area contributed by atoms with E-state index < -0.39 is 22.0 Å². The quantitative estimate of drug-likeness (QED) is 0.735. The Morgan fingerprint density at radius 2 is 1.85 bits per heavy atom. The van der Waals surface area contributed by atoms with E-state index in [4.69, 9.17) is 0 Å². The zero-order valence-corrected chi connectivity index (χ0v) is 14.6. The van der Waals surface area contributed by atoms with E-state index in [-0.39, 0.29) is 23.5 Å². The van der Waals surface area contributed by atoms with Crippen molar-refractivity contribution >= 4 is 21.1 Å². The zero-order valence-electron chi connectivity index (χ0n) is 13.8. The summed E-state index contributed by atoms with van der Waals surface area (Å²) in [6.45, 7) is 1.37. The molecule has 0 spiro atoms. The van der Waals surface area contributed by atoms with E-state index in [1.54, 1.807) is 31.2 Å². The standard InChI is InChI=1S/C17H16F3N3O2S/c1-12-5-4-6-13(11-12)26(24,25)21-9-10-23-15-8-3-2-7-14(15)22-16(23)17(18,19)20/h2-8,11,21H,9-10H2,1H3. The third kappa shape index (κ3) is 3.73. The molecule has 0 amide bonds. The zero-order chi connectivity index (χ0) is 18.9. The van der Waals surface area contributed by atoms with Gasteiger partial charge in [0.25, 0.3) is 0 Å². The molecule has 0 radical (unpaired) electrons. The van der Waals surface area contributed by atoms with Gasteiger partial charge in [0.1, 0.15) is 0 Å². The summed E-state index contributed by atoms with van der Waals surface area (Å²) < 4.78 is 67.6. The van der Waals surface area contributed by atoms with Crippen LogP contribution in [0.4, 0.5) is 13.2 Å². The molecular weight excluding hydrogens is 367 g/mol. The first-order valence-corrected chi connectivity index (χ1v) is 9.25. The SMILES string of the molecule is Cc1cccc(S(=O)(=O)NCCn2c(C(F)(F)F)nc3ccccc32)c1. The second-order valence-electron chi connectivity index (χ2n) is 5.79. The first kappa shape index (κ1) is 18.4. The van der Waals surface area contributed by atoms with Crippen molar-refractivity contribution < 1.29 is 21.6 Å². The summed E-state index contributed by atoms with van der Waals surface area (Å²) in [4.78, 5) is 3.70. The van der Waals surface area contributed by atoms with Crippen LogP contribution in [0.1, 0.15) is 11.4 Å². The largest absolute Gasteiger partial charge is 0.449 e. The molecule has 26 heavy (non-hydrogen) atoms. The molecule has 0 aliphatic heterocycles. The van der Waals surface area contributed by atoms with Crippen molar-refractivity contribution in [1.82, 2.24) is 14.3 Å².